The second kappa shape index (κ2) is 8.64. The van der Waals surface area contributed by atoms with E-state index in [1.165, 1.54) is 6.07 Å². The number of nitrogens with two attached hydrogens (primary N) is 1. The molecule has 1 unspecified atom stereocenters. The third-order valence-electron chi connectivity index (χ3n) is 5.30. The van der Waals surface area contributed by atoms with Crippen LogP contribution in [0.2, 0.25) is 5.02 Å². The van der Waals surface area contributed by atoms with Crippen LogP contribution >= 0.6 is 24.0 Å². The predicted octanol–water partition coefficient (Wildman–Crippen LogP) is 5.63. The second-order valence-corrected chi connectivity index (χ2v) is 7.70. The van der Waals surface area contributed by atoms with Gasteiger partial charge >= 0.3 is 5.97 Å². The van der Waals surface area contributed by atoms with Gasteiger partial charge in [-0.15, -0.1) is 12.4 Å². The first-order valence-corrected chi connectivity index (χ1v) is 9.60. The summed E-state index contributed by atoms with van der Waals surface area (Å²) < 4.78 is 19.6. The molecule has 0 spiro atoms. The molecule has 3 N–H and O–H groups in total. The molecule has 3 aromatic carbocycles. The van der Waals surface area contributed by atoms with Crippen LogP contribution in [0.25, 0.3) is 11.1 Å². The number of aryl methyl sites for hydroxylation is 1. The number of halogens is 3. The molecule has 7 heteroatoms. The summed E-state index contributed by atoms with van der Waals surface area (Å²) in [6.07, 6.45) is 1.27. The minimum absolute atomic E-state index is 0. The average molecular weight is 448 g/mol. The lowest BCUT2D eigenvalue weighted by atomic mass is 9.78. The van der Waals surface area contributed by atoms with Gasteiger partial charge in [-0.2, -0.15) is 0 Å². The van der Waals surface area contributed by atoms with Gasteiger partial charge in [0.15, 0.2) is 0 Å². The largest absolute Gasteiger partial charge is 0.480 e. The predicted molar refractivity (Wildman–Crippen MR) is 117 cm³/mol. The van der Waals surface area contributed by atoms with Crippen molar-refractivity contribution in [2.45, 2.75) is 24.8 Å². The lowest BCUT2D eigenvalue weighted by Crippen LogP contribution is -2.52. The molecule has 30 heavy (non-hydrogen) atoms. The van der Waals surface area contributed by atoms with E-state index in [9.17, 15) is 14.3 Å². The van der Waals surface area contributed by atoms with E-state index in [1.54, 1.807) is 12.1 Å². The van der Waals surface area contributed by atoms with E-state index in [2.05, 4.69) is 0 Å². The van der Waals surface area contributed by atoms with E-state index >= 15 is 0 Å². The van der Waals surface area contributed by atoms with Crippen LogP contribution in [0.4, 0.5) is 4.39 Å². The topological polar surface area (TPSA) is 72.6 Å². The number of hydrogen-bond donors (Lipinski definition) is 2. The maximum Gasteiger partial charge on any atom is 0.324 e. The monoisotopic (exact) mass is 447 g/mol. The summed E-state index contributed by atoms with van der Waals surface area (Å²) in [6, 6.07) is 17.6. The van der Waals surface area contributed by atoms with Crippen molar-refractivity contribution in [2.24, 2.45) is 5.73 Å². The summed E-state index contributed by atoms with van der Waals surface area (Å²) in [7, 11) is 0. The summed E-state index contributed by atoms with van der Waals surface area (Å²) in [6.45, 7) is 0. The van der Waals surface area contributed by atoms with E-state index in [4.69, 9.17) is 22.1 Å². The molecule has 1 atom stereocenters. The summed E-state index contributed by atoms with van der Waals surface area (Å²) in [4.78, 5) is 11.5. The van der Waals surface area contributed by atoms with Crippen molar-refractivity contribution in [3.8, 4) is 22.6 Å². The quantitative estimate of drug-likeness (QED) is 0.543. The maximum atomic E-state index is 13.5. The van der Waals surface area contributed by atoms with Gasteiger partial charge in [-0.25, -0.2) is 4.39 Å². The van der Waals surface area contributed by atoms with Crippen LogP contribution < -0.4 is 10.5 Å². The Balaban J connectivity index is 0.00000256. The Bertz CT molecular complexity index is 1110. The number of rotatable bonds is 4. The Hall–Kier alpha value is -2.60. The van der Waals surface area contributed by atoms with Crippen molar-refractivity contribution >= 4 is 30.0 Å². The second-order valence-electron chi connectivity index (χ2n) is 7.30. The molecule has 0 heterocycles. The first-order valence-electron chi connectivity index (χ1n) is 9.22. The van der Waals surface area contributed by atoms with Crippen molar-refractivity contribution < 1.29 is 19.0 Å². The Morgan fingerprint density at radius 2 is 1.87 bits per heavy atom. The van der Waals surface area contributed by atoms with Crippen LogP contribution in [0.5, 0.6) is 11.5 Å². The molecule has 0 saturated carbocycles. The zero-order chi connectivity index (χ0) is 20.6. The SMILES string of the molecule is Cl.NC1(C(=O)O)CCc2ccc(Oc3ccccc3-c3ccc(F)c(Cl)c3)cc2C1. The molecule has 0 aliphatic heterocycles. The highest BCUT2D eigenvalue weighted by atomic mass is 35.5. The fraction of sp³-hybridized carbons (Fsp3) is 0.174. The van der Waals surface area contributed by atoms with Gasteiger partial charge < -0.3 is 15.6 Å². The first-order chi connectivity index (χ1) is 13.9. The third-order valence-corrected chi connectivity index (χ3v) is 5.59. The number of hydrogen-bond acceptors (Lipinski definition) is 3. The molecule has 0 aromatic heterocycles. The van der Waals surface area contributed by atoms with Gasteiger partial charge in [0.2, 0.25) is 0 Å². The van der Waals surface area contributed by atoms with Gasteiger partial charge in [-0.3, -0.25) is 4.79 Å². The molecular weight excluding hydrogens is 428 g/mol. The molecule has 0 radical (unpaired) electrons. The lowest BCUT2D eigenvalue weighted by molar-refractivity contribution is -0.143. The number of carboxylic acid groups (broad SMARTS) is 1. The zero-order valence-electron chi connectivity index (χ0n) is 15.9. The van der Waals surface area contributed by atoms with Crippen molar-refractivity contribution in [1.82, 2.24) is 0 Å². The molecule has 3 aromatic rings. The number of fused-ring (bicyclic) bond motifs is 1. The fourth-order valence-corrected chi connectivity index (χ4v) is 3.81. The molecule has 0 fully saturated rings. The molecule has 1 aliphatic rings. The minimum Gasteiger partial charge on any atom is -0.480 e. The molecular formula is C23H20Cl2FNO3. The molecule has 156 valence electrons. The number of carbonyl (C=O) groups is 1. The average Bonchev–Trinajstić information content (AvgIpc) is 2.70. The number of ether oxygens (including phenoxy) is 1. The van der Waals surface area contributed by atoms with Crippen molar-refractivity contribution in [1.29, 1.82) is 0 Å². The van der Waals surface area contributed by atoms with Gasteiger partial charge in [0, 0.05) is 12.0 Å². The van der Waals surface area contributed by atoms with Crippen molar-refractivity contribution in [3.05, 3.63) is 82.6 Å². The number of benzene rings is 3. The molecule has 0 saturated heterocycles. The first kappa shape index (κ1) is 22.1. The summed E-state index contributed by atoms with van der Waals surface area (Å²) in [5.74, 6) is -0.303. The lowest BCUT2D eigenvalue weighted by Gasteiger charge is -2.31. The van der Waals surface area contributed by atoms with Crippen molar-refractivity contribution in [2.75, 3.05) is 0 Å². The van der Waals surface area contributed by atoms with Crippen molar-refractivity contribution in [3.63, 3.8) is 0 Å². The van der Waals surface area contributed by atoms with Crippen LogP contribution in [0, 0.1) is 5.82 Å². The Labute approximate surface area is 184 Å². The van der Waals surface area contributed by atoms with Gasteiger partial charge in [-0.05, 0) is 59.9 Å². The third kappa shape index (κ3) is 4.29. The normalized spacial score (nSPS) is 17.6. The highest BCUT2D eigenvalue weighted by Crippen LogP contribution is 2.36. The number of para-hydroxylation sites is 1. The number of aliphatic carboxylic acids is 1. The highest BCUT2D eigenvalue weighted by Gasteiger charge is 2.37. The van der Waals surface area contributed by atoms with E-state index < -0.39 is 17.3 Å². The standard InChI is InChI=1S/C23H19ClFNO3.ClH/c24-19-12-15(6-8-20(19)25)18-3-1-2-4-21(18)29-17-7-5-14-9-10-23(26,22(27)28)13-16(14)11-17;/h1-8,11-12H,9-10,13,26H2,(H,27,28);1H. The summed E-state index contributed by atoms with van der Waals surface area (Å²) in [5.41, 5.74) is 8.27. The van der Waals surface area contributed by atoms with E-state index in [1.807, 2.05) is 42.5 Å². The number of carboxylic acids is 1. The molecule has 0 amide bonds. The summed E-state index contributed by atoms with van der Waals surface area (Å²) in [5, 5.41) is 9.48. The van der Waals surface area contributed by atoms with Crippen LogP contribution in [-0.2, 0) is 17.6 Å². The van der Waals surface area contributed by atoms with Gasteiger partial charge in [-0.1, -0.05) is 41.9 Å². The minimum atomic E-state index is -1.26. The van der Waals surface area contributed by atoms with Gasteiger partial charge in [0.05, 0.1) is 5.02 Å². The molecule has 1 aliphatic carbocycles. The maximum absolute atomic E-state index is 13.5. The summed E-state index contributed by atoms with van der Waals surface area (Å²) >= 11 is 5.93. The fourth-order valence-electron chi connectivity index (χ4n) is 3.63. The Morgan fingerprint density at radius 3 is 2.60 bits per heavy atom. The van der Waals surface area contributed by atoms with Gasteiger partial charge in [0.1, 0.15) is 22.9 Å². The van der Waals surface area contributed by atoms with E-state index in [-0.39, 0.29) is 23.9 Å². The molecule has 4 nitrogen and oxygen atoms in total. The van der Waals surface area contributed by atoms with E-state index in [0.29, 0.717) is 24.3 Å². The smallest absolute Gasteiger partial charge is 0.324 e. The van der Waals surface area contributed by atoms with Crippen LogP contribution in [0.1, 0.15) is 17.5 Å². The molecule has 4 rings (SSSR count). The van der Waals surface area contributed by atoms with Crippen LogP contribution in [0.3, 0.4) is 0 Å². The van der Waals surface area contributed by atoms with Crippen LogP contribution in [-0.4, -0.2) is 16.6 Å². The molecule has 0 bridgehead atoms. The van der Waals surface area contributed by atoms with Gasteiger partial charge in [0.25, 0.3) is 0 Å². The Morgan fingerprint density at radius 1 is 1.10 bits per heavy atom. The Kier molecular flexibility index (Phi) is 6.36. The van der Waals surface area contributed by atoms with Crippen LogP contribution in [0.15, 0.2) is 60.7 Å². The van der Waals surface area contributed by atoms with E-state index in [0.717, 1.165) is 22.3 Å². The highest BCUT2D eigenvalue weighted by molar-refractivity contribution is 6.31. The zero-order valence-corrected chi connectivity index (χ0v) is 17.5.